The molecule has 25 heavy (non-hydrogen) atoms. The SMILES string of the molecule is CO/N=C(/C)c1c(O)cc(-c2ccccc2)n(-c2ccccc2)c1=O. The first-order chi connectivity index (χ1) is 12.1. The third kappa shape index (κ3) is 3.17. The van der Waals surface area contributed by atoms with Gasteiger partial charge in [0.05, 0.1) is 11.4 Å². The summed E-state index contributed by atoms with van der Waals surface area (Å²) in [5.74, 6) is -0.130. The zero-order chi connectivity index (χ0) is 17.8. The normalized spacial score (nSPS) is 11.4. The van der Waals surface area contributed by atoms with Crippen LogP contribution in [0.1, 0.15) is 12.5 Å². The minimum atomic E-state index is -0.358. The van der Waals surface area contributed by atoms with Crippen molar-refractivity contribution in [1.82, 2.24) is 4.57 Å². The van der Waals surface area contributed by atoms with E-state index in [0.29, 0.717) is 17.1 Å². The smallest absolute Gasteiger partial charge is 0.268 e. The molecule has 0 unspecified atom stereocenters. The van der Waals surface area contributed by atoms with Crippen LogP contribution in [0.5, 0.6) is 5.75 Å². The molecule has 126 valence electrons. The molecule has 5 nitrogen and oxygen atoms in total. The maximum Gasteiger partial charge on any atom is 0.268 e. The van der Waals surface area contributed by atoms with Crippen LogP contribution < -0.4 is 5.56 Å². The zero-order valence-electron chi connectivity index (χ0n) is 14.0. The topological polar surface area (TPSA) is 63.8 Å². The molecular formula is C20H18N2O3. The monoisotopic (exact) mass is 334 g/mol. The Morgan fingerprint density at radius 3 is 2.24 bits per heavy atom. The highest BCUT2D eigenvalue weighted by atomic mass is 16.6. The fourth-order valence-electron chi connectivity index (χ4n) is 2.77. The molecule has 2 aromatic carbocycles. The van der Waals surface area contributed by atoms with Crippen LogP contribution in [0.3, 0.4) is 0 Å². The summed E-state index contributed by atoms with van der Waals surface area (Å²) >= 11 is 0. The number of para-hydroxylation sites is 1. The van der Waals surface area contributed by atoms with Gasteiger partial charge >= 0.3 is 0 Å². The third-order valence-electron chi connectivity index (χ3n) is 3.86. The first-order valence-corrected chi connectivity index (χ1v) is 7.81. The molecular weight excluding hydrogens is 316 g/mol. The summed E-state index contributed by atoms with van der Waals surface area (Å²) in [5.41, 5.74) is 2.20. The predicted octanol–water partition coefficient (Wildman–Crippen LogP) is 3.58. The Kier molecular flexibility index (Phi) is 4.66. The van der Waals surface area contributed by atoms with Gasteiger partial charge in [-0.3, -0.25) is 9.36 Å². The number of nitrogens with zero attached hydrogens (tertiary/aromatic N) is 2. The Morgan fingerprint density at radius 2 is 1.64 bits per heavy atom. The van der Waals surface area contributed by atoms with Crippen LogP contribution in [-0.2, 0) is 4.84 Å². The largest absolute Gasteiger partial charge is 0.507 e. The van der Waals surface area contributed by atoms with E-state index in [2.05, 4.69) is 5.16 Å². The quantitative estimate of drug-likeness (QED) is 0.586. The summed E-state index contributed by atoms with van der Waals surface area (Å²) in [6, 6.07) is 20.3. The Balaban J connectivity index is 2.38. The maximum atomic E-state index is 13.2. The number of rotatable bonds is 4. The van der Waals surface area contributed by atoms with Gasteiger partial charge in [0.2, 0.25) is 0 Å². The van der Waals surface area contributed by atoms with Crippen LogP contribution in [0.15, 0.2) is 76.7 Å². The summed E-state index contributed by atoms with van der Waals surface area (Å²) in [5, 5.41) is 14.2. The van der Waals surface area contributed by atoms with Crippen LogP contribution >= 0.6 is 0 Å². The van der Waals surface area contributed by atoms with Crippen molar-refractivity contribution in [3.05, 3.63) is 82.6 Å². The molecule has 0 amide bonds. The molecule has 1 N–H and O–H groups in total. The second kappa shape index (κ2) is 7.05. The number of aromatic hydroxyl groups is 1. The summed E-state index contributed by atoms with van der Waals surface area (Å²) < 4.78 is 1.57. The van der Waals surface area contributed by atoms with Crippen molar-refractivity contribution in [2.24, 2.45) is 5.16 Å². The fraction of sp³-hybridized carbons (Fsp3) is 0.100. The molecule has 5 heteroatoms. The second-order valence-corrected chi connectivity index (χ2v) is 5.49. The third-order valence-corrected chi connectivity index (χ3v) is 3.86. The first-order valence-electron chi connectivity index (χ1n) is 7.81. The molecule has 1 heterocycles. The van der Waals surface area contributed by atoms with Crippen molar-refractivity contribution >= 4 is 5.71 Å². The summed E-state index contributed by atoms with van der Waals surface area (Å²) in [6.45, 7) is 1.62. The van der Waals surface area contributed by atoms with Crippen molar-refractivity contribution in [2.75, 3.05) is 7.11 Å². The van der Waals surface area contributed by atoms with E-state index in [4.69, 9.17) is 4.84 Å². The van der Waals surface area contributed by atoms with Gasteiger partial charge in [0, 0.05) is 11.8 Å². The Hall–Kier alpha value is -3.34. The van der Waals surface area contributed by atoms with Gasteiger partial charge in [-0.2, -0.15) is 0 Å². The lowest BCUT2D eigenvalue weighted by Crippen LogP contribution is -2.26. The highest BCUT2D eigenvalue weighted by molar-refractivity contribution is 6.00. The molecule has 1 aromatic heterocycles. The average molecular weight is 334 g/mol. The number of aromatic nitrogens is 1. The molecule has 0 saturated heterocycles. The van der Waals surface area contributed by atoms with Gasteiger partial charge in [0.15, 0.2) is 0 Å². The minimum Gasteiger partial charge on any atom is -0.507 e. The first kappa shape index (κ1) is 16.5. The van der Waals surface area contributed by atoms with E-state index in [1.54, 1.807) is 17.6 Å². The zero-order valence-corrected chi connectivity index (χ0v) is 14.0. The van der Waals surface area contributed by atoms with Gasteiger partial charge in [-0.15, -0.1) is 0 Å². The van der Waals surface area contributed by atoms with Crippen LogP contribution in [0, 0.1) is 0 Å². The van der Waals surface area contributed by atoms with E-state index in [9.17, 15) is 9.90 Å². The molecule has 0 aliphatic carbocycles. The van der Waals surface area contributed by atoms with E-state index < -0.39 is 0 Å². The van der Waals surface area contributed by atoms with E-state index >= 15 is 0 Å². The highest BCUT2D eigenvalue weighted by Gasteiger charge is 2.19. The van der Waals surface area contributed by atoms with E-state index in [1.165, 1.54) is 7.11 Å². The minimum absolute atomic E-state index is 0.116. The lowest BCUT2D eigenvalue weighted by Gasteiger charge is -2.16. The van der Waals surface area contributed by atoms with Crippen LogP contribution in [0.2, 0.25) is 0 Å². The van der Waals surface area contributed by atoms with Gasteiger partial charge in [-0.05, 0) is 24.6 Å². The highest BCUT2D eigenvalue weighted by Crippen LogP contribution is 2.27. The molecule has 0 bridgehead atoms. The summed E-state index contributed by atoms with van der Waals surface area (Å²) in [4.78, 5) is 17.9. The fourth-order valence-corrected chi connectivity index (χ4v) is 2.77. The Morgan fingerprint density at radius 1 is 1.04 bits per heavy atom. The number of hydrogen-bond donors (Lipinski definition) is 1. The lowest BCUT2D eigenvalue weighted by molar-refractivity contribution is 0.213. The number of benzene rings is 2. The van der Waals surface area contributed by atoms with Crippen molar-refractivity contribution in [1.29, 1.82) is 0 Å². The van der Waals surface area contributed by atoms with Crippen molar-refractivity contribution < 1.29 is 9.94 Å². The molecule has 0 spiro atoms. The number of oxime groups is 1. The summed E-state index contributed by atoms with van der Waals surface area (Å²) in [7, 11) is 1.40. The average Bonchev–Trinajstić information content (AvgIpc) is 2.63. The van der Waals surface area contributed by atoms with Gasteiger partial charge in [0.1, 0.15) is 18.4 Å². The van der Waals surface area contributed by atoms with Gasteiger partial charge in [-0.1, -0.05) is 53.7 Å². The molecule has 0 atom stereocenters. The molecule has 0 radical (unpaired) electrons. The van der Waals surface area contributed by atoms with Crippen molar-refractivity contribution in [3.63, 3.8) is 0 Å². The molecule has 0 aliphatic rings. The standard InChI is InChI=1S/C20H18N2O3/c1-14(21-25-2)19-18(23)13-17(15-9-5-3-6-10-15)22(20(19)24)16-11-7-4-8-12-16/h3-13,23H,1-2H3/b21-14-. The van der Waals surface area contributed by atoms with Crippen molar-refractivity contribution in [3.8, 4) is 22.7 Å². The molecule has 0 aliphatic heterocycles. The van der Waals surface area contributed by atoms with Crippen molar-refractivity contribution in [2.45, 2.75) is 6.92 Å². The van der Waals surface area contributed by atoms with E-state index in [0.717, 1.165) is 5.56 Å². The van der Waals surface area contributed by atoms with E-state index in [1.807, 2.05) is 60.7 Å². The second-order valence-electron chi connectivity index (χ2n) is 5.49. The van der Waals surface area contributed by atoms with Crippen LogP contribution in [-0.4, -0.2) is 22.5 Å². The lowest BCUT2D eigenvalue weighted by atomic mass is 10.1. The van der Waals surface area contributed by atoms with Gasteiger partial charge in [0.25, 0.3) is 5.56 Å². The van der Waals surface area contributed by atoms with Crippen LogP contribution in [0.4, 0.5) is 0 Å². The number of pyridine rings is 1. The molecule has 0 saturated carbocycles. The molecule has 3 aromatic rings. The van der Waals surface area contributed by atoms with Gasteiger partial charge < -0.3 is 9.94 Å². The van der Waals surface area contributed by atoms with Gasteiger partial charge in [-0.25, -0.2) is 0 Å². The Labute approximate surface area is 145 Å². The van der Waals surface area contributed by atoms with Crippen LogP contribution in [0.25, 0.3) is 16.9 Å². The molecule has 0 fully saturated rings. The Bertz CT molecular complexity index is 961. The number of hydrogen-bond acceptors (Lipinski definition) is 4. The maximum absolute atomic E-state index is 13.2. The van der Waals surface area contributed by atoms with E-state index in [-0.39, 0.29) is 16.9 Å². The predicted molar refractivity (Wildman–Crippen MR) is 98.4 cm³/mol. The summed E-state index contributed by atoms with van der Waals surface area (Å²) in [6.07, 6.45) is 0. The molecule has 3 rings (SSSR count).